The number of nitrogens with zero attached hydrogens (tertiary/aromatic N) is 2. The standard InChI is InChI=1S/C36H38Cl3N3O4S/c1-5-25(3)40-36(44)34(21-27-10-7-6-8-11-27)41(22-28-16-19-31(38)32(39)20-28)35(43)23-42(33-13-9-12-30(37)26(33)4)47(45,46)29-17-14-24(2)15-18-29/h6-20,25,34H,5,21-23H2,1-4H3,(H,40,44). The minimum Gasteiger partial charge on any atom is -0.352 e. The van der Waals surface area contributed by atoms with Crippen LogP contribution in [0.15, 0.2) is 95.9 Å². The highest BCUT2D eigenvalue weighted by Gasteiger charge is 2.35. The molecule has 1 N–H and O–H groups in total. The number of nitrogens with one attached hydrogen (secondary N) is 1. The summed E-state index contributed by atoms with van der Waals surface area (Å²) in [6.45, 7) is 6.77. The third-order valence-corrected chi connectivity index (χ3v) is 10.9. The fraction of sp³-hybridized carbons (Fsp3) is 0.278. The van der Waals surface area contributed by atoms with Crippen LogP contribution in [0.25, 0.3) is 0 Å². The average molecular weight is 715 g/mol. The lowest BCUT2D eigenvalue weighted by atomic mass is 10.0. The lowest BCUT2D eigenvalue weighted by Crippen LogP contribution is -2.54. The van der Waals surface area contributed by atoms with Gasteiger partial charge in [0.15, 0.2) is 0 Å². The number of anilines is 1. The van der Waals surface area contributed by atoms with E-state index in [2.05, 4.69) is 5.32 Å². The summed E-state index contributed by atoms with van der Waals surface area (Å²) in [5, 5.41) is 4.01. The van der Waals surface area contributed by atoms with Crippen LogP contribution in [-0.4, -0.2) is 43.8 Å². The summed E-state index contributed by atoms with van der Waals surface area (Å²) in [7, 11) is -4.26. The molecule has 0 heterocycles. The fourth-order valence-corrected chi connectivity index (χ4v) is 7.01. The van der Waals surface area contributed by atoms with Gasteiger partial charge in [-0.1, -0.05) is 102 Å². The van der Waals surface area contributed by atoms with Gasteiger partial charge in [-0.25, -0.2) is 8.42 Å². The molecule has 0 aliphatic rings. The van der Waals surface area contributed by atoms with E-state index in [-0.39, 0.29) is 35.5 Å². The van der Waals surface area contributed by atoms with Gasteiger partial charge in [-0.2, -0.15) is 0 Å². The molecule has 0 radical (unpaired) electrons. The zero-order chi connectivity index (χ0) is 34.3. The van der Waals surface area contributed by atoms with Crippen molar-refractivity contribution >= 4 is 62.3 Å². The highest BCUT2D eigenvalue weighted by Crippen LogP contribution is 2.32. The second kappa shape index (κ2) is 16.0. The van der Waals surface area contributed by atoms with Gasteiger partial charge in [0.25, 0.3) is 10.0 Å². The molecule has 47 heavy (non-hydrogen) atoms. The number of halogens is 3. The maximum absolute atomic E-state index is 14.7. The number of sulfonamides is 1. The van der Waals surface area contributed by atoms with Gasteiger partial charge < -0.3 is 10.2 Å². The molecule has 2 amide bonds. The van der Waals surface area contributed by atoms with Gasteiger partial charge in [0.2, 0.25) is 11.8 Å². The molecule has 248 valence electrons. The van der Waals surface area contributed by atoms with Crippen molar-refractivity contribution in [3.05, 3.63) is 128 Å². The number of aryl methyl sites for hydroxylation is 1. The molecule has 7 nitrogen and oxygen atoms in total. The predicted octanol–water partition coefficient (Wildman–Crippen LogP) is 8.01. The van der Waals surface area contributed by atoms with Gasteiger partial charge in [0.1, 0.15) is 12.6 Å². The summed E-state index contributed by atoms with van der Waals surface area (Å²) in [6, 6.07) is 24.5. The van der Waals surface area contributed by atoms with Crippen LogP contribution in [0.4, 0.5) is 5.69 Å². The van der Waals surface area contributed by atoms with Crippen molar-refractivity contribution in [2.24, 2.45) is 0 Å². The van der Waals surface area contributed by atoms with E-state index in [1.807, 2.05) is 51.1 Å². The van der Waals surface area contributed by atoms with Crippen molar-refractivity contribution in [1.29, 1.82) is 0 Å². The lowest BCUT2D eigenvalue weighted by Gasteiger charge is -2.34. The van der Waals surface area contributed by atoms with Gasteiger partial charge in [-0.05, 0) is 80.3 Å². The average Bonchev–Trinajstić information content (AvgIpc) is 3.05. The summed E-state index contributed by atoms with van der Waals surface area (Å²) in [5.74, 6) is -0.949. The summed E-state index contributed by atoms with van der Waals surface area (Å²) < 4.78 is 29.6. The number of benzene rings is 4. The number of amides is 2. The summed E-state index contributed by atoms with van der Waals surface area (Å²) in [4.78, 5) is 30.1. The van der Waals surface area contributed by atoms with Gasteiger partial charge >= 0.3 is 0 Å². The van der Waals surface area contributed by atoms with E-state index in [1.54, 1.807) is 55.5 Å². The molecule has 4 rings (SSSR count). The minimum absolute atomic E-state index is 0.0154. The van der Waals surface area contributed by atoms with E-state index < -0.39 is 28.5 Å². The number of carbonyl (C=O) groups is 2. The van der Waals surface area contributed by atoms with Gasteiger partial charge in [-0.15, -0.1) is 0 Å². The first kappa shape index (κ1) is 36.3. The maximum atomic E-state index is 14.7. The predicted molar refractivity (Wildman–Crippen MR) is 191 cm³/mol. The van der Waals surface area contributed by atoms with Gasteiger partial charge in [-0.3, -0.25) is 13.9 Å². The monoisotopic (exact) mass is 713 g/mol. The van der Waals surface area contributed by atoms with Crippen LogP contribution < -0.4 is 9.62 Å². The topological polar surface area (TPSA) is 86.8 Å². The van der Waals surface area contributed by atoms with Crippen LogP contribution in [0.3, 0.4) is 0 Å². The molecule has 0 aliphatic carbocycles. The second-order valence-electron chi connectivity index (χ2n) is 11.5. The lowest BCUT2D eigenvalue weighted by molar-refractivity contribution is -0.140. The molecule has 4 aromatic carbocycles. The Morgan fingerprint density at radius 2 is 1.49 bits per heavy atom. The van der Waals surface area contributed by atoms with Crippen molar-refractivity contribution in [3.8, 4) is 0 Å². The van der Waals surface area contributed by atoms with Gasteiger partial charge in [0, 0.05) is 24.0 Å². The highest BCUT2D eigenvalue weighted by atomic mass is 35.5. The molecule has 4 aromatic rings. The van der Waals surface area contributed by atoms with Crippen LogP contribution in [0.2, 0.25) is 15.1 Å². The summed E-state index contributed by atoms with van der Waals surface area (Å²) >= 11 is 19.0. The fourth-order valence-electron chi connectivity index (χ4n) is 5.05. The van der Waals surface area contributed by atoms with Crippen LogP contribution in [0.1, 0.15) is 42.5 Å². The van der Waals surface area contributed by atoms with E-state index in [1.165, 1.54) is 17.0 Å². The molecule has 11 heteroatoms. The first-order valence-corrected chi connectivity index (χ1v) is 17.8. The Morgan fingerprint density at radius 3 is 2.13 bits per heavy atom. The van der Waals surface area contributed by atoms with Crippen LogP contribution in [-0.2, 0) is 32.6 Å². The van der Waals surface area contributed by atoms with Crippen LogP contribution in [0.5, 0.6) is 0 Å². The smallest absolute Gasteiger partial charge is 0.264 e. The Morgan fingerprint density at radius 1 is 0.809 bits per heavy atom. The molecule has 0 fully saturated rings. The zero-order valence-corrected chi connectivity index (χ0v) is 29.8. The highest BCUT2D eigenvalue weighted by molar-refractivity contribution is 7.92. The Labute approximate surface area is 292 Å². The van der Waals surface area contributed by atoms with Crippen molar-refractivity contribution in [1.82, 2.24) is 10.2 Å². The molecule has 0 saturated carbocycles. The van der Waals surface area contributed by atoms with E-state index in [0.29, 0.717) is 32.6 Å². The number of hydrogen-bond donors (Lipinski definition) is 1. The van der Waals surface area contributed by atoms with Crippen LogP contribution >= 0.6 is 34.8 Å². The maximum Gasteiger partial charge on any atom is 0.264 e. The Kier molecular flexibility index (Phi) is 12.4. The second-order valence-corrected chi connectivity index (χ2v) is 14.6. The first-order chi connectivity index (χ1) is 22.3. The number of hydrogen-bond acceptors (Lipinski definition) is 4. The molecule has 2 unspecified atom stereocenters. The third-order valence-electron chi connectivity index (χ3n) is 8.00. The molecule has 0 bridgehead atoms. The normalized spacial score (nSPS) is 12.7. The first-order valence-electron chi connectivity index (χ1n) is 15.2. The number of carbonyl (C=O) groups excluding carboxylic acids is 2. The molecule has 2 atom stereocenters. The van der Waals surface area contributed by atoms with Crippen molar-refractivity contribution in [2.75, 3.05) is 10.8 Å². The third kappa shape index (κ3) is 9.08. The molecular weight excluding hydrogens is 677 g/mol. The summed E-state index contributed by atoms with van der Waals surface area (Å²) in [5.41, 5.74) is 3.08. The van der Waals surface area contributed by atoms with E-state index in [0.717, 1.165) is 15.4 Å². The zero-order valence-electron chi connectivity index (χ0n) is 26.7. The molecule has 0 aliphatic heterocycles. The SMILES string of the molecule is CCC(C)NC(=O)C(Cc1ccccc1)N(Cc1ccc(Cl)c(Cl)c1)C(=O)CN(c1cccc(Cl)c1C)S(=O)(=O)c1ccc(C)cc1. The Balaban J connectivity index is 1.85. The Hall–Kier alpha value is -3.56. The van der Waals surface area contributed by atoms with Crippen LogP contribution in [0, 0.1) is 13.8 Å². The van der Waals surface area contributed by atoms with E-state index in [9.17, 15) is 18.0 Å². The number of rotatable bonds is 13. The van der Waals surface area contributed by atoms with E-state index in [4.69, 9.17) is 34.8 Å². The molecule has 0 aromatic heterocycles. The molecular formula is C36H38Cl3N3O4S. The molecule has 0 saturated heterocycles. The van der Waals surface area contributed by atoms with Crippen molar-refractivity contribution in [2.45, 2.75) is 64.1 Å². The minimum atomic E-state index is -4.26. The largest absolute Gasteiger partial charge is 0.352 e. The summed E-state index contributed by atoms with van der Waals surface area (Å²) in [6.07, 6.45) is 0.873. The quantitative estimate of drug-likeness (QED) is 0.152. The van der Waals surface area contributed by atoms with Gasteiger partial charge in [0.05, 0.1) is 20.6 Å². The van der Waals surface area contributed by atoms with Crippen molar-refractivity contribution < 1.29 is 18.0 Å². The van der Waals surface area contributed by atoms with Crippen molar-refractivity contribution in [3.63, 3.8) is 0 Å². The Bertz CT molecular complexity index is 1820. The molecule has 0 spiro atoms. The van der Waals surface area contributed by atoms with E-state index >= 15 is 0 Å².